The molecule has 1 aromatic rings. The first-order valence-corrected chi connectivity index (χ1v) is 9.49. The van der Waals surface area contributed by atoms with Gasteiger partial charge in [0.1, 0.15) is 0 Å². The Hall–Kier alpha value is -1.47. The summed E-state index contributed by atoms with van der Waals surface area (Å²) in [6, 6.07) is 4.05. The SMILES string of the molecule is O=C(CN1CCS(=O)(=O)CC1)N1CCC[C@H]1c1ccncc1. The second-order valence-corrected chi connectivity index (χ2v) is 8.26. The maximum absolute atomic E-state index is 12.6. The maximum atomic E-state index is 12.6. The molecule has 0 bridgehead atoms. The summed E-state index contributed by atoms with van der Waals surface area (Å²) in [5.74, 6) is 0.417. The third-order valence-electron chi connectivity index (χ3n) is 4.46. The van der Waals surface area contributed by atoms with Crippen LogP contribution in [0.25, 0.3) is 0 Å². The number of sulfone groups is 1. The molecule has 0 unspecified atom stereocenters. The second-order valence-electron chi connectivity index (χ2n) is 5.95. The van der Waals surface area contributed by atoms with Crippen LogP contribution in [0.4, 0.5) is 0 Å². The molecule has 1 aromatic heterocycles. The quantitative estimate of drug-likeness (QED) is 0.809. The van der Waals surface area contributed by atoms with Crippen molar-refractivity contribution in [3.8, 4) is 0 Å². The van der Waals surface area contributed by atoms with Crippen LogP contribution in [0.2, 0.25) is 0 Å². The fraction of sp³-hybridized carbons (Fsp3) is 0.600. The van der Waals surface area contributed by atoms with Crippen molar-refractivity contribution in [3.63, 3.8) is 0 Å². The van der Waals surface area contributed by atoms with Crippen LogP contribution in [-0.2, 0) is 14.6 Å². The van der Waals surface area contributed by atoms with Crippen LogP contribution >= 0.6 is 0 Å². The smallest absolute Gasteiger partial charge is 0.237 e. The Morgan fingerprint density at radius 3 is 2.55 bits per heavy atom. The monoisotopic (exact) mass is 323 g/mol. The van der Waals surface area contributed by atoms with Crippen LogP contribution in [-0.4, -0.2) is 66.8 Å². The van der Waals surface area contributed by atoms with E-state index in [2.05, 4.69) is 4.98 Å². The standard InChI is InChI=1S/C15H21N3O3S/c19-15(12-17-8-10-22(20,21)11-9-17)18-7-1-2-14(18)13-3-5-16-6-4-13/h3-6,14H,1-2,7-12H2/t14-/m0/s1. The predicted molar refractivity (Wildman–Crippen MR) is 83.0 cm³/mol. The Bertz CT molecular complexity index is 619. The third-order valence-corrected chi connectivity index (χ3v) is 6.07. The lowest BCUT2D eigenvalue weighted by atomic mass is 10.1. The van der Waals surface area contributed by atoms with E-state index in [1.165, 1.54) is 0 Å². The number of carbonyl (C=O) groups is 1. The fourth-order valence-electron chi connectivity index (χ4n) is 3.19. The van der Waals surface area contributed by atoms with E-state index >= 15 is 0 Å². The van der Waals surface area contributed by atoms with Crippen LogP contribution in [0.15, 0.2) is 24.5 Å². The van der Waals surface area contributed by atoms with Crippen LogP contribution in [0.1, 0.15) is 24.4 Å². The van der Waals surface area contributed by atoms with Gasteiger partial charge < -0.3 is 4.90 Å². The van der Waals surface area contributed by atoms with Gasteiger partial charge in [0.05, 0.1) is 24.1 Å². The van der Waals surface area contributed by atoms with Gasteiger partial charge in [0, 0.05) is 32.0 Å². The number of likely N-dealkylation sites (tertiary alicyclic amines) is 1. The van der Waals surface area contributed by atoms with Crippen molar-refractivity contribution in [1.82, 2.24) is 14.8 Å². The Morgan fingerprint density at radius 1 is 1.18 bits per heavy atom. The van der Waals surface area contributed by atoms with Crippen molar-refractivity contribution < 1.29 is 13.2 Å². The number of aromatic nitrogens is 1. The lowest BCUT2D eigenvalue weighted by Crippen LogP contribution is -2.46. The van der Waals surface area contributed by atoms with Crippen molar-refractivity contribution in [2.45, 2.75) is 18.9 Å². The van der Waals surface area contributed by atoms with Crippen molar-refractivity contribution in [1.29, 1.82) is 0 Å². The van der Waals surface area contributed by atoms with E-state index in [4.69, 9.17) is 0 Å². The molecule has 22 heavy (non-hydrogen) atoms. The molecule has 0 aromatic carbocycles. The first-order chi connectivity index (χ1) is 10.6. The Labute approximate surface area is 131 Å². The summed E-state index contributed by atoms with van der Waals surface area (Å²) < 4.78 is 22.9. The average molecular weight is 323 g/mol. The second kappa shape index (κ2) is 6.34. The van der Waals surface area contributed by atoms with Gasteiger partial charge in [0.15, 0.2) is 9.84 Å². The van der Waals surface area contributed by atoms with Gasteiger partial charge in [-0.15, -0.1) is 0 Å². The highest BCUT2D eigenvalue weighted by Gasteiger charge is 2.31. The lowest BCUT2D eigenvalue weighted by Gasteiger charge is -2.30. The highest BCUT2D eigenvalue weighted by Crippen LogP contribution is 2.31. The highest BCUT2D eigenvalue weighted by molar-refractivity contribution is 7.91. The zero-order chi connectivity index (χ0) is 15.6. The number of hydrogen-bond acceptors (Lipinski definition) is 5. The van der Waals surface area contributed by atoms with Crippen LogP contribution in [0.5, 0.6) is 0 Å². The van der Waals surface area contributed by atoms with Crippen molar-refractivity contribution in [3.05, 3.63) is 30.1 Å². The number of nitrogens with zero attached hydrogens (tertiary/aromatic N) is 3. The van der Waals surface area contributed by atoms with Crippen molar-refractivity contribution in [2.24, 2.45) is 0 Å². The summed E-state index contributed by atoms with van der Waals surface area (Å²) in [5, 5.41) is 0. The third kappa shape index (κ3) is 3.47. The number of rotatable bonds is 3. The summed E-state index contributed by atoms with van der Waals surface area (Å²) in [4.78, 5) is 20.5. The summed E-state index contributed by atoms with van der Waals surface area (Å²) in [6.07, 6.45) is 5.49. The van der Waals surface area contributed by atoms with Crippen LogP contribution < -0.4 is 0 Å². The van der Waals surface area contributed by atoms with Crippen molar-refractivity contribution in [2.75, 3.05) is 37.7 Å². The van der Waals surface area contributed by atoms with Crippen LogP contribution in [0, 0.1) is 0 Å². The normalized spacial score (nSPS) is 25.3. The highest BCUT2D eigenvalue weighted by atomic mass is 32.2. The average Bonchev–Trinajstić information content (AvgIpc) is 3.00. The summed E-state index contributed by atoms with van der Waals surface area (Å²) in [6.45, 7) is 2.01. The zero-order valence-electron chi connectivity index (χ0n) is 12.5. The predicted octanol–water partition coefficient (Wildman–Crippen LogP) is 0.476. The minimum absolute atomic E-state index is 0.0959. The van der Waals surface area contributed by atoms with E-state index in [-0.39, 0.29) is 23.5 Å². The topological polar surface area (TPSA) is 70.6 Å². The van der Waals surface area contributed by atoms with Gasteiger partial charge >= 0.3 is 0 Å². The van der Waals surface area contributed by atoms with E-state index in [1.54, 1.807) is 12.4 Å². The van der Waals surface area contributed by atoms with Crippen LogP contribution in [0.3, 0.4) is 0 Å². The first kappa shape index (κ1) is 15.4. The molecule has 2 aliphatic rings. The molecule has 0 saturated carbocycles. The van der Waals surface area contributed by atoms with E-state index in [0.29, 0.717) is 19.6 Å². The molecule has 3 heterocycles. The van der Waals surface area contributed by atoms with E-state index in [1.807, 2.05) is 21.9 Å². The molecule has 1 amide bonds. The molecule has 1 atom stereocenters. The molecule has 120 valence electrons. The summed E-state index contributed by atoms with van der Waals surface area (Å²) >= 11 is 0. The van der Waals surface area contributed by atoms with Gasteiger partial charge in [-0.3, -0.25) is 14.7 Å². The molecular formula is C15H21N3O3S. The van der Waals surface area contributed by atoms with E-state index in [9.17, 15) is 13.2 Å². The summed E-state index contributed by atoms with van der Waals surface area (Å²) in [7, 11) is -2.90. The van der Waals surface area contributed by atoms with Crippen molar-refractivity contribution >= 4 is 15.7 Å². The molecule has 6 nitrogen and oxygen atoms in total. The molecule has 2 saturated heterocycles. The number of pyridine rings is 1. The molecule has 7 heteroatoms. The zero-order valence-corrected chi connectivity index (χ0v) is 13.3. The minimum Gasteiger partial charge on any atom is -0.335 e. The molecule has 2 fully saturated rings. The summed E-state index contributed by atoms with van der Waals surface area (Å²) in [5.41, 5.74) is 1.13. The lowest BCUT2D eigenvalue weighted by molar-refractivity contribution is -0.133. The van der Waals surface area contributed by atoms with Gasteiger partial charge in [-0.2, -0.15) is 0 Å². The molecule has 0 aliphatic carbocycles. The molecule has 0 N–H and O–H groups in total. The number of carbonyl (C=O) groups excluding carboxylic acids is 1. The van der Waals surface area contributed by atoms with Gasteiger partial charge in [0.25, 0.3) is 0 Å². The number of hydrogen-bond donors (Lipinski definition) is 0. The Kier molecular flexibility index (Phi) is 4.44. The van der Waals surface area contributed by atoms with Gasteiger partial charge in [0.2, 0.25) is 5.91 Å². The number of amides is 1. The molecule has 0 radical (unpaired) electrons. The first-order valence-electron chi connectivity index (χ1n) is 7.67. The fourth-order valence-corrected chi connectivity index (χ4v) is 4.46. The molecule has 2 aliphatic heterocycles. The Morgan fingerprint density at radius 2 is 1.86 bits per heavy atom. The molecule has 3 rings (SSSR count). The molecule has 0 spiro atoms. The maximum Gasteiger partial charge on any atom is 0.237 e. The Balaban J connectivity index is 1.62. The van der Waals surface area contributed by atoms with Gasteiger partial charge in [-0.25, -0.2) is 8.42 Å². The van der Waals surface area contributed by atoms with Gasteiger partial charge in [-0.05, 0) is 30.5 Å². The largest absolute Gasteiger partial charge is 0.335 e. The van der Waals surface area contributed by atoms with E-state index in [0.717, 1.165) is 24.9 Å². The minimum atomic E-state index is -2.90. The van der Waals surface area contributed by atoms with Gasteiger partial charge in [-0.1, -0.05) is 0 Å². The van der Waals surface area contributed by atoms with E-state index < -0.39 is 9.84 Å². The molecular weight excluding hydrogens is 302 g/mol.